The fraction of sp³-hybridized carbons (Fsp3) is 0.400. The molecule has 1 aliphatic rings. The number of aliphatic hydroxyl groups excluding tert-OH is 1. The van der Waals surface area contributed by atoms with Crippen molar-refractivity contribution in [2.75, 3.05) is 18.1 Å². The standard InChI is InChI=1S/C15H17ClN2O/c1-10-4-6-13(16)12-5-7-14(17-15(10)12)18-8-2-3-11(18)9-19/h4-7,11,19H,2-3,8-9H2,1H3/t11-/m0/s1. The first-order valence-corrected chi connectivity index (χ1v) is 7.02. The van der Waals surface area contributed by atoms with Crippen molar-refractivity contribution in [1.82, 2.24) is 4.98 Å². The zero-order chi connectivity index (χ0) is 13.4. The molecule has 0 saturated carbocycles. The van der Waals surface area contributed by atoms with Crippen LogP contribution in [0.1, 0.15) is 18.4 Å². The van der Waals surface area contributed by atoms with Crippen molar-refractivity contribution in [2.45, 2.75) is 25.8 Å². The summed E-state index contributed by atoms with van der Waals surface area (Å²) in [6.07, 6.45) is 2.14. The van der Waals surface area contributed by atoms with Crippen molar-refractivity contribution in [3.63, 3.8) is 0 Å². The van der Waals surface area contributed by atoms with Gasteiger partial charge in [-0.3, -0.25) is 0 Å². The minimum atomic E-state index is 0.189. The van der Waals surface area contributed by atoms with Crippen molar-refractivity contribution in [3.05, 3.63) is 34.9 Å². The summed E-state index contributed by atoms with van der Waals surface area (Å²) in [6, 6.07) is 8.13. The van der Waals surface area contributed by atoms with Crippen molar-refractivity contribution in [1.29, 1.82) is 0 Å². The summed E-state index contributed by atoms with van der Waals surface area (Å²) in [5.41, 5.74) is 2.08. The van der Waals surface area contributed by atoms with Crippen molar-refractivity contribution >= 4 is 28.3 Å². The number of fused-ring (bicyclic) bond motifs is 1. The molecular weight excluding hydrogens is 260 g/mol. The maximum Gasteiger partial charge on any atom is 0.129 e. The van der Waals surface area contributed by atoms with Crippen molar-refractivity contribution in [2.24, 2.45) is 0 Å². The molecule has 1 fully saturated rings. The topological polar surface area (TPSA) is 36.4 Å². The smallest absolute Gasteiger partial charge is 0.129 e. The highest BCUT2D eigenvalue weighted by atomic mass is 35.5. The Morgan fingerprint density at radius 2 is 2.21 bits per heavy atom. The van der Waals surface area contributed by atoms with Crippen LogP contribution in [0, 0.1) is 6.92 Å². The Hall–Kier alpha value is -1.32. The summed E-state index contributed by atoms with van der Waals surface area (Å²) in [4.78, 5) is 6.94. The van der Waals surface area contributed by atoms with E-state index in [4.69, 9.17) is 16.6 Å². The van der Waals surface area contributed by atoms with E-state index in [1.54, 1.807) is 0 Å². The van der Waals surface area contributed by atoms with Crippen LogP contribution in [0.4, 0.5) is 5.82 Å². The highest BCUT2D eigenvalue weighted by Crippen LogP contribution is 2.30. The molecule has 19 heavy (non-hydrogen) atoms. The normalized spacial score (nSPS) is 19.3. The molecule has 0 spiro atoms. The monoisotopic (exact) mass is 276 g/mol. The van der Waals surface area contributed by atoms with Crippen LogP contribution in [0.15, 0.2) is 24.3 Å². The molecule has 0 bridgehead atoms. The number of nitrogens with zero attached hydrogens (tertiary/aromatic N) is 2. The number of aliphatic hydroxyl groups is 1. The Balaban J connectivity index is 2.09. The van der Waals surface area contributed by atoms with E-state index in [9.17, 15) is 5.11 Å². The lowest BCUT2D eigenvalue weighted by Gasteiger charge is -2.24. The molecule has 2 heterocycles. The van der Waals surface area contributed by atoms with Crippen LogP contribution < -0.4 is 4.90 Å². The molecule has 0 radical (unpaired) electrons. The number of hydrogen-bond acceptors (Lipinski definition) is 3. The lowest BCUT2D eigenvalue weighted by Crippen LogP contribution is -2.32. The zero-order valence-corrected chi connectivity index (χ0v) is 11.7. The van der Waals surface area contributed by atoms with Crippen LogP contribution >= 0.6 is 11.6 Å². The lowest BCUT2D eigenvalue weighted by molar-refractivity contribution is 0.266. The van der Waals surface area contributed by atoms with Gasteiger partial charge in [-0.05, 0) is 43.5 Å². The molecule has 1 aliphatic heterocycles. The first-order chi connectivity index (χ1) is 9.20. The average Bonchev–Trinajstić information content (AvgIpc) is 2.91. The molecule has 1 atom stereocenters. The van der Waals surface area contributed by atoms with Gasteiger partial charge in [0, 0.05) is 17.0 Å². The summed E-state index contributed by atoms with van der Waals surface area (Å²) < 4.78 is 0. The Bertz CT molecular complexity index is 614. The van der Waals surface area contributed by atoms with E-state index < -0.39 is 0 Å². The number of halogens is 1. The molecule has 100 valence electrons. The van der Waals surface area contributed by atoms with Crippen LogP contribution in [0.2, 0.25) is 5.02 Å². The third kappa shape index (κ3) is 2.17. The number of benzene rings is 1. The largest absolute Gasteiger partial charge is 0.394 e. The molecule has 1 aromatic carbocycles. The molecule has 1 aromatic heterocycles. The van der Waals surface area contributed by atoms with Gasteiger partial charge in [0.05, 0.1) is 18.2 Å². The van der Waals surface area contributed by atoms with Gasteiger partial charge < -0.3 is 10.0 Å². The van der Waals surface area contributed by atoms with Crippen LogP contribution in [-0.2, 0) is 0 Å². The molecule has 0 aliphatic carbocycles. The van der Waals surface area contributed by atoms with Gasteiger partial charge in [-0.2, -0.15) is 0 Å². The van der Waals surface area contributed by atoms with Crippen molar-refractivity contribution in [3.8, 4) is 0 Å². The average molecular weight is 277 g/mol. The minimum absolute atomic E-state index is 0.189. The van der Waals surface area contributed by atoms with E-state index >= 15 is 0 Å². The molecule has 0 unspecified atom stereocenters. The summed E-state index contributed by atoms with van der Waals surface area (Å²) >= 11 is 6.20. The van der Waals surface area contributed by atoms with Crippen LogP contribution in [0.25, 0.3) is 10.9 Å². The third-order valence-corrected chi connectivity index (χ3v) is 4.20. The maximum absolute atomic E-state index is 9.42. The molecule has 3 nitrogen and oxygen atoms in total. The molecule has 1 N–H and O–H groups in total. The predicted molar refractivity (Wildman–Crippen MR) is 78.9 cm³/mol. The van der Waals surface area contributed by atoms with Gasteiger partial charge in [0.15, 0.2) is 0 Å². The number of anilines is 1. The molecule has 1 saturated heterocycles. The third-order valence-electron chi connectivity index (χ3n) is 3.87. The number of aryl methyl sites for hydroxylation is 1. The Kier molecular flexibility index (Phi) is 3.33. The molecule has 4 heteroatoms. The molecule has 3 rings (SSSR count). The van der Waals surface area contributed by atoms with E-state index in [0.29, 0.717) is 0 Å². The van der Waals surface area contributed by atoms with E-state index in [-0.39, 0.29) is 12.6 Å². The highest BCUT2D eigenvalue weighted by molar-refractivity contribution is 6.35. The summed E-state index contributed by atoms with van der Waals surface area (Å²) in [5, 5.41) is 11.1. The van der Waals surface area contributed by atoms with Crippen LogP contribution in [-0.4, -0.2) is 29.3 Å². The Labute approximate surface area is 117 Å². The van der Waals surface area contributed by atoms with E-state index in [1.807, 2.05) is 31.2 Å². The van der Waals surface area contributed by atoms with E-state index in [1.165, 1.54) is 0 Å². The second-order valence-electron chi connectivity index (χ2n) is 5.10. The van der Waals surface area contributed by atoms with Crippen LogP contribution in [0.3, 0.4) is 0 Å². The first kappa shape index (κ1) is 12.7. The van der Waals surface area contributed by atoms with Crippen molar-refractivity contribution < 1.29 is 5.11 Å². The van der Waals surface area contributed by atoms with E-state index in [2.05, 4.69) is 4.90 Å². The zero-order valence-electron chi connectivity index (χ0n) is 10.9. The SMILES string of the molecule is Cc1ccc(Cl)c2ccc(N3CCC[C@H]3CO)nc12. The van der Waals surface area contributed by atoms with Gasteiger partial charge in [0.2, 0.25) is 0 Å². The quantitative estimate of drug-likeness (QED) is 0.915. The molecule has 2 aromatic rings. The predicted octanol–water partition coefficient (Wildman–Crippen LogP) is 3.16. The highest BCUT2D eigenvalue weighted by Gasteiger charge is 2.25. The van der Waals surface area contributed by atoms with Gasteiger partial charge in [-0.15, -0.1) is 0 Å². The Morgan fingerprint density at radius 1 is 1.37 bits per heavy atom. The van der Waals surface area contributed by atoms with Gasteiger partial charge >= 0.3 is 0 Å². The number of pyridine rings is 1. The number of aromatic nitrogens is 1. The van der Waals surface area contributed by atoms with Gasteiger partial charge in [0.1, 0.15) is 5.82 Å². The molecule has 0 amide bonds. The lowest BCUT2D eigenvalue weighted by atomic mass is 10.1. The number of rotatable bonds is 2. The Morgan fingerprint density at radius 3 is 3.00 bits per heavy atom. The summed E-state index contributed by atoms with van der Waals surface area (Å²) in [6.45, 7) is 3.19. The van der Waals surface area contributed by atoms with Gasteiger partial charge in [0.25, 0.3) is 0 Å². The fourth-order valence-corrected chi connectivity index (χ4v) is 3.01. The maximum atomic E-state index is 9.42. The second kappa shape index (κ2) is 4.99. The van der Waals surface area contributed by atoms with Crippen LogP contribution in [0.5, 0.6) is 0 Å². The second-order valence-corrected chi connectivity index (χ2v) is 5.51. The summed E-state index contributed by atoms with van der Waals surface area (Å²) in [7, 11) is 0. The summed E-state index contributed by atoms with van der Waals surface area (Å²) in [5.74, 6) is 0.939. The minimum Gasteiger partial charge on any atom is -0.394 e. The molecular formula is C15H17ClN2O. The first-order valence-electron chi connectivity index (χ1n) is 6.64. The van der Waals surface area contributed by atoms with Gasteiger partial charge in [-0.25, -0.2) is 4.98 Å². The number of hydrogen-bond donors (Lipinski definition) is 1. The fourth-order valence-electron chi connectivity index (χ4n) is 2.80. The van der Waals surface area contributed by atoms with Gasteiger partial charge in [-0.1, -0.05) is 17.7 Å². The van der Waals surface area contributed by atoms with E-state index in [0.717, 1.165) is 46.7 Å².